The molecule has 1 aliphatic heterocycles. The van der Waals surface area contributed by atoms with Crippen molar-refractivity contribution in [3.8, 4) is 5.75 Å². The average molecular weight is 392 g/mol. The quantitative estimate of drug-likeness (QED) is 0.775. The molecular weight excluding hydrogens is 371 g/mol. The van der Waals surface area contributed by atoms with Crippen LogP contribution >= 0.6 is 0 Å². The summed E-state index contributed by atoms with van der Waals surface area (Å²) in [7, 11) is -2.41. The summed E-state index contributed by atoms with van der Waals surface area (Å²) in [5.74, 6) is 0.639. The zero-order valence-electron chi connectivity index (χ0n) is 15.0. The predicted molar refractivity (Wildman–Crippen MR) is 97.9 cm³/mol. The van der Waals surface area contributed by atoms with Gasteiger partial charge in [-0.2, -0.15) is 9.40 Å². The predicted octanol–water partition coefficient (Wildman–Crippen LogP) is 2.01. The van der Waals surface area contributed by atoms with Crippen LogP contribution in [0.5, 0.6) is 5.75 Å². The minimum atomic E-state index is -3.75. The first kappa shape index (κ1) is 18.1. The van der Waals surface area contributed by atoms with E-state index in [4.69, 9.17) is 4.74 Å². The zero-order chi connectivity index (χ0) is 19.0. The number of aromatic nitrogens is 2. The van der Waals surface area contributed by atoms with E-state index in [0.717, 1.165) is 17.6 Å². The number of rotatable bonds is 5. The maximum atomic E-state index is 13.9. The van der Waals surface area contributed by atoms with Gasteiger partial charge >= 0.3 is 0 Å². The molecule has 7 nitrogen and oxygen atoms in total. The number of hydrogen-bond acceptors (Lipinski definition) is 6. The molecule has 1 aliphatic carbocycles. The minimum absolute atomic E-state index is 0.0204. The van der Waals surface area contributed by atoms with E-state index in [2.05, 4.69) is 10.2 Å². The summed E-state index contributed by atoms with van der Waals surface area (Å²) in [4.78, 5) is 1.95. The Labute approximate surface area is 157 Å². The summed E-state index contributed by atoms with van der Waals surface area (Å²) in [5.41, 5.74) is 1.03. The number of benzene rings is 1. The first-order valence-corrected chi connectivity index (χ1v) is 10.4. The van der Waals surface area contributed by atoms with Crippen LogP contribution in [-0.4, -0.2) is 56.2 Å². The Morgan fingerprint density at radius 3 is 2.37 bits per heavy atom. The third-order valence-corrected chi connectivity index (χ3v) is 6.89. The van der Waals surface area contributed by atoms with Crippen LogP contribution in [0.1, 0.15) is 24.5 Å². The van der Waals surface area contributed by atoms with Gasteiger partial charge in [-0.15, -0.1) is 5.10 Å². The number of hydrogen-bond donors (Lipinski definition) is 0. The summed E-state index contributed by atoms with van der Waals surface area (Å²) in [6, 6.07) is 7.65. The van der Waals surface area contributed by atoms with Crippen molar-refractivity contribution in [1.29, 1.82) is 0 Å². The van der Waals surface area contributed by atoms with Gasteiger partial charge in [0.05, 0.1) is 17.7 Å². The Kier molecular flexibility index (Phi) is 4.73. The second-order valence-electron chi connectivity index (χ2n) is 6.78. The van der Waals surface area contributed by atoms with Crippen LogP contribution in [0.3, 0.4) is 0 Å². The first-order valence-electron chi connectivity index (χ1n) is 8.91. The van der Waals surface area contributed by atoms with Crippen molar-refractivity contribution < 1.29 is 17.5 Å². The number of ether oxygens (including phenoxy) is 1. The Morgan fingerprint density at radius 2 is 1.81 bits per heavy atom. The zero-order valence-corrected chi connectivity index (χ0v) is 15.8. The molecule has 0 spiro atoms. The lowest BCUT2D eigenvalue weighted by Crippen LogP contribution is -2.49. The highest BCUT2D eigenvalue weighted by Crippen LogP contribution is 2.38. The van der Waals surface area contributed by atoms with Crippen LogP contribution in [0, 0.1) is 5.82 Å². The highest BCUT2D eigenvalue weighted by Gasteiger charge is 2.30. The number of nitrogens with zero attached hydrogens (tertiary/aromatic N) is 4. The van der Waals surface area contributed by atoms with Gasteiger partial charge in [0, 0.05) is 32.1 Å². The van der Waals surface area contributed by atoms with E-state index in [1.807, 2.05) is 17.0 Å². The van der Waals surface area contributed by atoms with Gasteiger partial charge in [-0.25, -0.2) is 12.8 Å². The van der Waals surface area contributed by atoms with Crippen molar-refractivity contribution in [2.24, 2.45) is 0 Å². The Balaban J connectivity index is 1.44. The summed E-state index contributed by atoms with van der Waals surface area (Å²) in [5, 5.41) is 8.56. The van der Waals surface area contributed by atoms with Crippen LogP contribution < -0.4 is 9.64 Å². The van der Waals surface area contributed by atoms with Gasteiger partial charge in [-0.05, 0) is 43.2 Å². The van der Waals surface area contributed by atoms with Crippen molar-refractivity contribution in [3.63, 3.8) is 0 Å². The Hall–Kier alpha value is -2.26. The lowest BCUT2D eigenvalue weighted by atomic mass is 10.2. The topological polar surface area (TPSA) is 75.6 Å². The van der Waals surface area contributed by atoms with E-state index < -0.39 is 15.8 Å². The molecular formula is C18H21FN4O3S. The van der Waals surface area contributed by atoms with Crippen molar-refractivity contribution in [1.82, 2.24) is 14.5 Å². The normalized spacial score (nSPS) is 18.5. The monoisotopic (exact) mass is 392 g/mol. The summed E-state index contributed by atoms with van der Waals surface area (Å²) >= 11 is 0. The molecule has 1 aromatic carbocycles. The van der Waals surface area contributed by atoms with Crippen LogP contribution in [0.2, 0.25) is 0 Å². The van der Waals surface area contributed by atoms with Gasteiger partial charge in [0.25, 0.3) is 0 Å². The van der Waals surface area contributed by atoms with E-state index >= 15 is 0 Å². The molecule has 27 heavy (non-hydrogen) atoms. The lowest BCUT2D eigenvalue weighted by Gasteiger charge is -2.34. The maximum absolute atomic E-state index is 13.9. The van der Waals surface area contributed by atoms with Gasteiger partial charge in [0.2, 0.25) is 10.0 Å². The van der Waals surface area contributed by atoms with E-state index in [0.29, 0.717) is 32.1 Å². The maximum Gasteiger partial charge on any atom is 0.243 e. The van der Waals surface area contributed by atoms with Crippen LogP contribution in [0.15, 0.2) is 35.2 Å². The summed E-state index contributed by atoms with van der Waals surface area (Å²) in [6.45, 7) is 1.63. The fraction of sp³-hybridized carbons (Fsp3) is 0.444. The van der Waals surface area contributed by atoms with Crippen molar-refractivity contribution >= 4 is 15.8 Å². The van der Waals surface area contributed by atoms with Gasteiger partial charge < -0.3 is 9.64 Å². The Morgan fingerprint density at radius 1 is 1.07 bits per heavy atom. The fourth-order valence-corrected chi connectivity index (χ4v) is 4.65. The highest BCUT2D eigenvalue weighted by molar-refractivity contribution is 7.89. The molecule has 2 heterocycles. The van der Waals surface area contributed by atoms with Crippen molar-refractivity contribution in [2.45, 2.75) is 23.7 Å². The highest BCUT2D eigenvalue weighted by atomic mass is 32.2. The third-order valence-electron chi connectivity index (χ3n) is 4.99. The third kappa shape index (κ3) is 3.61. The molecule has 9 heteroatoms. The molecule has 0 amide bonds. The second-order valence-corrected chi connectivity index (χ2v) is 8.72. The molecule has 0 N–H and O–H groups in total. The van der Waals surface area contributed by atoms with Gasteiger partial charge in [-0.1, -0.05) is 0 Å². The molecule has 0 bridgehead atoms. The first-order chi connectivity index (χ1) is 13.0. The largest absolute Gasteiger partial charge is 0.494 e. The molecule has 1 aromatic heterocycles. The van der Waals surface area contributed by atoms with Crippen LogP contribution in [0.4, 0.5) is 10.2 Å². The van der Waals surface area contributed by atoms with Gasteiger partial charge in [0.1, 0.15) is 0 Å². The molecule has 2 fully saturated rings. The second kappa shape index (κ2) is 7.05. The standard InChI is InChI=1S/C18H21FN4O3S/c1-26-17-6-4-14(12-15(17)19)27(24,25)23-10-8-22(9-11-23)18-7-5-16(20-21-18)13-2-3-13/h4-7,12-13H,2-3,8-11H2,1H3. The molecule has 2 aliphatic rings. The molecule has 2 aromatic rings. The smallest absolute Gasteiger partial charge is 0.243 e. The average Bonchev–Trinajstić information content (AvgIpc) is 3.53. The molecule has 4 rings (SSSR count). The van der Waals surface area contributed by atoms with Crippen LogP contribution in [0.25, 0.3) is 0 Å². The molecule has 0 unspecified atom stereocenters. The minimum Gasteiger partial charge on any atom is -0.494 e. The van der Waals surface area contributed by atoms with E-state index in [-0.39, 0.29) is 10.6 Å². The van der Waals surface area contributed by atoms with Crippen molar-refractivity contribution in [3.05, 3.63) is 41.8 Å². The molecule has 0 radical (unpaired) electrons. The molecule has 144 valence electrons. The lowest BCUT2D eigenvalue weighted by molar-refractivity contribution is 0.379. The van der Waals surface area contributed by atoms with Gasteiger partial charge in [-0.3, -0.25) is 0 Å². The van der Waals surface area contributed by atoms with Crippen LogP contribution in [-0.2, 0) is 10.0 Å². The summed E-state index contributed by atoms with van der Waals surface area (Å²) in [6.07, 6.45) is 2.35. The van der Waals surface area contributed by atoms with E-state index in [9.17, 15) is 12.8 Å². The van der Waals surface area contributed by atoms with E-state index in [1.165, 1.54) is 36.4 Å². The SMILES string of the molecule is COc1ccc(S(=O)(=O)N2CCN(c3ccc(C4CC4)nn3)CC2)cc1F. The number of piperazine rings is 1. The van der Waals surface area contributed by atoms with Gasteiger partial charge in [0.15, 0.2) is 17.4 Å². The molecule has 1 saturated heterocycles. The van der Waals surface area contributed by atoms with Crippen molar-refractivity contribution in [2.75, 3.05) is 38.2 Å². The summed E-state index contributed by atoms with van der Waals surface area (Å²) < 4.78 is 45.7. The molecule has 1 saturated carbocycles. The number of methoxy groups -OCH3 is 1. The number of halogens is 1. The fourth-order valence-electron chi connectivity index (χ4n) is 3.22. The molecule has 0 atom stereocenters. The van der Waals surface area contributed by atoms with E-state index in [1.54, 1.807) is 0 Å². The number of sulfonamides is 1. The Bertz CT molecular complexity index is 924. The number of anilines is 1.